The van der Waals surface area contributed by atoms with Crippen LogP contribution >= 0.6 is 12.6 Å². The highest BCUT2D eigenvalue weighted by Crippen LogP contribution is 2.13. The third kappa shape index (κ3) is 2.77. The van der Waals surface area contributed by atoms with E-state index in [4.69, 9.17) is 0 Å². The van der Waals surface area contributed by atoms with Crippen LogP contribution in [0.25, 0.3) is 0 Å². The number of hydrogen-bond donors (Lipinski definition) is 1. The fourth-order valence-corrected chi connectivity index (χ4v) is 1.32. The number of esters is 1. The average Bonchev–Trinajstić information content (AvgIpc) is 2.27. The lowest BCUT2D eigenvalue weighted by Gasteiger charge is -2.04. The molecular formula is C12H12O2S. The average molecular weight is 220 g/mol. The fourth-order valence-electron chi connectivity index (χ4n) is 1.24. The maximum absolute atomic E-state index is 11.4. The van der Waals surface area contributed by atoms with Crippen LogP contribution in [0.1, 0.15) is 21.5 Å². The molecule has 0 fully saturated rings. The standard InChI is InChI=1S/C12H12O2S/c1-9-10(6-4-8-15)5-3-7-11(9)12(13)14-2/h3,5,7,15H,8H2,1-2H3. The zero-order valence-electron chi connectivity index (χ0n) is 8.70. The highest BCUT2D eigenvalue weighted by Gasteiger charge is 2.10. The Kier molecular flexibility index (Phi) is 4.26. The highest BCUT2D eigenvalue weighted by molar-refractivity contribution is 7.80. The zero-order valence-corrected chi connectivity index (χ0v) is 9.60. The van der Waals surface area contributed by atoms with E-state index in [0.29, 0.717) is 11.3 Å². The topological polar surface area (TPSA) is 26.3 Å². The Morgan fingerprint density at radius 3 is 2.87 bits per heavy atom. The van der Waals surface area contributed by atoms with E-state index in [-0.39, 0.29) is 5.97 Å². The molecule has 0 aliphatic carbocycles. The van der Waals surface area contributed by atoms with Crippen molar-refractivity contribution in [2.24, 2.45) is 0 Å². The van der Waals surface area contributed by atoms with Crippen molar-refractivity contribution in [3.05, 3.63) is 34.9 Å². The van der Waals surface area contributed by atoms with Gasteiger partial charge in [0.25, 0.3) is 0 Å². The van der Waals surface area contributed by atoms with Crippen molar-refractivity contribution in [1.82, 2.24) is 0 Å². The van der Waals surface area contributed by atoms with Gasteiger partial charge in [-0.1, -0.05) is 17.9 Å². The molecule has 0 spiro atoms. The Morgan fingerprint density at radius 2 is 2.27 bits per heavy atom. The molecule has 0 aromatic heterocycles. The molecule has 0 heterocycles. The van der Waals surface area contributed by atoms with Crippen molar-refractivity contribution < 1.29 is 9.53 Å². The lowest BCUT2D eigenvalue weighted by Crippen LogP contribution is -2.04. The van der Waals surface area contributed by atoms with E-state index in [1.807, 2.05) is 13.0 Å². The second-order valence-electron chi connectivity index (χ2n) is 2.93. The van der Waals surface area contributed by atoms with Gasteiger partial charge in [-0.05, 0) is 24.6 Å². The van der Waals surface area contributed by atoms with E-state index in [9.17, 15) is 4.79 Å². The third-order valence-electron chi connectivity index (χ3n) is 2.04. The van der Waals surface area contributed by atoms with E-state index < -0.39 is 0 Å². The molecule has 0 saturated heterocycles. The molecule has 1 aromatic rings. The summed E-state index contributed by atoms with van der Waals surface area (Å²) in [5.74, 6) is 5.97. The first kappa shape index (κ1) is 11.7. The van der Waals surface area contributed by atoms with Crippen molar-refractivity contribution in [3.63, 3.8) is 0 Å². The van der Waals surface area contributed by atoms with Gasteiger partial charge in [-0.3, -0.25) is 0 Å². The van der Waals surface area contributed by atoms with Gasteiger partial charge in [0.2, 0.25) is 0 Å². The van der Waals surface area contributed by atoms with E-state index in [1.165, 1.54) is 7.11 Å². The lowest BCUT2D eigenvalue weighted by atomic mass is 10.0. The molecule has 0 unspecified atom stereocenters. The van der Waals surface area contributed by atoms with Crippen molar-refractivity contribution in [3.8, 4) is 11.8 Å². The molecule has 0 aliphatic rings. The first-order valence-electron chi connectivity index (χ1n) is 4.48. The van der Waals surface area contributed by atoms with Crippen LogP contribution in [0.4, 0.5) is 0 Å². The van der Waals surface area contributed by atoms with E-state index in [1.54, 1.807) is 12.1 Å². The van der Waals surface area contributed by atoms with E-state index >= 15 is 0 Å². The van der Waals surface area contributed by atoms with Crippen LogP contribution in [-0.2, 0) is 4.74 Å². The molecule has 0 aliphatic heterocycles. The third-order valence-corrected chi connectivity index (χ3v) is 2.20. The molecule has 0 saturated carbocycles. The van der Waals surface area contributed by atoms with E-state index in [0.717, 1.165) is 11.1 Å². The monoisotopic (exact) mass is 220 g/mol. The number of methoxy groups -OCH3 is 1. The summed E-state index contributed by atoms with van der Waals surface area (Å²) in [5, 5.41) is 0. The van der Waals surface area contributed by atoms with Gasteiger partial charge in [0.15, 0.2) is 0 Å². The Labute approximate surface area is 95.1 Å². The van der Waals surface area contributed by atoms with Gasteiger partial charge >= 0.3 is 5.97 Å². The first-order chi connectivity index (χ1) is 7.20. The summed E-state index contributed by atoms with van der Waals surface area (Å²) < 4.78 is 4.67. The molecule has 1 aromatic carbocycles. The van der Waals surface area contributed by atoms with Gasteiger partial charge in [0, 0.05) is 5.56 Å². The normalized spacial score (nSPS) is 9.00. The second-order valence-corrected chi connectivity index (χ2v) is 3.25. The van der Waals surface area contributed by atoms with Crippen LogP contribution in [0.15, 0.2) is 18.2 Å². The quantitative estimate of drug-likeness (QED) is 0.445. The largest absolute Gasteiger partial charge is 0.465 e. The van der Waals surface area contributed by atoms with Crippen LogP contribution in [0.2, 0.25) is 0 Å². The minimum Gasteiger partial charge on any atom is -0.465 e. The van der Waals surface area contributed by atoms with E-state index in [2.05, 4.69) is 29.2 Å². The Bertz CT molecular complexity index is 427. The van der Waals surface area contributed by atoms with Crippen molar-refractivity contribution >= 4 is 18.6 Å². The summed E-state index contributed by atoms with van der Waals surface area (Å²) in [6.07, 6.45) is 0. The van der Waals surface area contributed by atoms with Crippen LogP contribution in [0.3, 0.4) is 0 Å². The van der Waals surface area contributed by atoms with Gasteiger partial charge in [-0.15, -0.1) is 0 Å². The van der Waals surface area contributed by atoms with Gasteiger partial charge < -0.3 is 4.74 Å². The van der Waals surface area contributed by atoms with Crippen LogP contribution < -0.4 is 0 Å². The molecule has 15 heavy (non-hydrogen) atoms. The van der Waals surface area contributed by atoms with Gasteiger partial charge in [-0.25, -0.2) is 4.79 Å². The second kappa shape index (κ2) is 5.47. The molecule has 0 atom stereocenters. The zero-order chi connectivity index (χ0) is 11.3. The maximum Gasteiger partial charge on any atom is 0.338 e. The summed E-state index contributed by atoms with van der Waals surface area (Å²) in [4.78, 5) is 11.4. The molecule has 0 amide bonds. The molecule has 0 bridgehead atoms. The first-order valence-corrected chi connectivity index (χ1v) is 5.11. The molecule has 0 radical (unpaired) electrons. The highest BCUT2D eigenvalue weighted by atomic mass is 32.1. The number of carbonyl (C=O) groups excluding carboxylic acids is 1. The number of hydrogen-bond acceptors (Lipinski definition) is 3. The predicted octanol–water partition coefficient (Wildman–Crippen LogP) is 2.06. The summed E-state index contributed by atoms with van der Waals surface area (Å²) in [6.45, 7) is 1.86. The SMILES string of the molecule is COC(=O)c1cccc(C#CCS)c1C. The molecule has 1 rings (SSSR count). The number of benzene rings is 1. The minimum atomic E-state index is -0.331. The maximum atomic E-state index is 11.4. The van der Waals surface area contributed by atoms with Gasteiger partial charge in [0.1, 0.15) is 0 Å². The smallest absolute Gasteiger partial charge is 0.338 e. The summed E-state index contributed by atoms with van der Waals surface area (Å²) in [5.41, 5.74) is 2.24. The molecule has 3 heteroatoms. The summed E-state index contributed by atoms with van der Waals surface area (Å²) in [7, 11) is 1.37. The molecule has 2 nitrogen and oxygen atoms in total. The summed E-state index contributed by atoms with van der Waals surface area (Å²) in [6, 6.07) is 5.40. The van der Waals surface area contributed by atoms with Crippen molar-refractivity contribution in [1.29, 1.82) is 0 Å². The number of thiol groups is 1. The van der Waals surface area contributed by atoms with Crippen molar-refractivity contribution in [2.45, 2.75) is 6.92 Å². The fraction of sp³-hybridized carbons (Fsp3) is 0.250. The lowest BCUT2D eigenvalue weighted by molar-refractivity contribution is 0.0600. The minimum absolute atomic E-state index is 0.331. The Balaban J connectivity index is 3.17. The number of ether oxygens (including phenoxy) is 1. The van der Waals surface area contributed by atoms with Gasteiger partial charge in [0.05, 0.1) is 18.4 Å². The number of rotatable bonds is 1. The van der Waals surface area contributed by atoms with Crippen molar-refractivity contribution in [2.75, 3.05) is 12.9 Å². The molecule has 78 valence electrons. The summed E-state index contributed by atoms with van der Waals surface area (Å²) >= 11 is 4.00. The Morgan fingerprint density at radius 1 is 1.53 bits per heavy atom. The predicted molar refractivity (Wildman–Crippen MR) is 63.2 cm³/mol. The molecular weight excluding hydrogens is 208 g/mol. The number of carbonyl (C=O) groups is 1. The van der Waals surface area contributed by atoms with Crippen LogP contribution in [0.5, 0.6) is 0 Å². The molecule has 0 N–H and O–H groups in total. The Hall–Kier alpha value is -1.40. The van der Waals surface area contributed by atoms with Gasteiger partial charge in [-0.2, -0.15) is 12.6 Å². The van der Waals surface area contributed by atoms with Crippen LogP contribution in [0, 0.1) is 18.8 Å². The van der Waals surface area contributed by atoms with Crippen LogP contribution in [-0.4, -0.2) is 18.8 Å².